The third-order valence-electron chi connectivity index (χ3n) is 19.9. The first-order chi connectivity index (χ1) is 52.6. The summed E-state index contributed by atoms with van der Waals surface area (Å²) in [7, 11) is 5.94. The highest BCUT2D eigenvalue weighted by Gasteiger charge is 2.22. The lowest BCUT2D eigenvalue weighted by atomic mass is 10.0. The SMILES string of the molecule is CC/C=C\C/C=C\C/C=C\C/C=C\C/C=C\C/C=C\C/C=C\C/C=C\C/C=C\C/C=C\C/C=C\CCCCCCCCCC(=O)OC(COC(=O)CCCCCCCCCCCCCCCCCCCCCCCCCCCCCCCCCCCCCCCCCCC)COC(OCC[N+](C)(C)C)C(=O)[O-]. The molecule has 616 valence electrons. The first kappa shape index (κ1) is 102. The molecule has 0 radical (unpaired) electrons. The maximum Gasteiger partial charge on any atom is 0.306 e. The predicted octanol–water partition coefficient (Wildman–Crippen LogP) is 28.6. The number of allylic oxidation sites excluding steroid dienone is 22. The fourth-order valence-electron chi connectivity index (χ4n) is 13.1. The van der Waals surface area contributed by atoms with Gasteiger partial charge in [-0.2, -0.15) is 0 Å². The number of nitrogens with zero attached hydrogens (tertiary/aromatic N) is 1. The molecule has 2 atom stereocenters. The molecule has 0 aliphatic heterocycles. The van der Waals surface area contributed by atoms with Crippen molar-refractivity contribution >= 4 is 17.9 Å². The highest BCUT2D eigenvalue weighted by molar-refractivity contribution is 5.70. The van der Waals surface area contributed by atoms with Gasteiger partial charge in [-0.05, 0) is 96.3 Å². The van der Waals surface area contributed by atoms with Crippen LogP contribution in [0.25, 0.3) is 0 Å². The molecule has 0 aromatic heterocycles. The predicted molar refractivity (Wildman–Crippen MR) is 463 cm³/mol. The maximum atomic E-state index is 13.0. The Hall–Kier alpha value is -4.57. The second kappa shape index (κ2) is 87.0. The topological polar surface area (TPSA) is 111 Å². The van der Waals surface area contributed by atoms with Crippen LogP contribution in [0.15, 0.2) is 134 Å². The van der Waals surface area contributed by atoms with E-state index in [0.717, 1.165) is 116 Å². The minimum absolute atomic E-state index is 0.141. The third kappa shape index (κ3) is 88.5. The van der Waals surface area contributed by atoms with Crippen LogP contribution in [0.3, 0.4) is 0 Å². The smallest absolute Gasteiger partial charge is 0.306 e. The molecule has 9 heteroatoms. The zero-order valence-corrected chi connectivity index (χ0v) is 70.7. The van der Waals surface area contributed by atoms with Crippen molar-refractivity contribution in [3.05, 3.63) is 134 Å². The number of hydrogen-bond donors (Lipinski definition) is 0. The number of ether oxygens (including phenoxy) is 4. The molecule has 0 saturated carbocycles. The number of carbonyl (C=O) groups is 3. The molecule has 0 spiro atoms. The summed E-state index contributed by atoms with van der Waals surface area (Å²) in [5, 5.41) is 11.9. The van der Waals surface area contributed by atoms with Gasteiger partial charge in [0, 0.05) is 12.8 Å². The van der Waals surface area contributed by atoms with Crippen molar-refractivity contribution in [1.82, 2.24) is 0 Å². The van der Waals surface area contributed by atoms with Crippen molar-refractivity contribution in [2.45, 2.75) is 424 Å². The Balaban J connectivity index is 4.00. The number of aliphatic carboxylic acids is 1. The number of carboxylic acids is 1. The van der Waals surface area contributed by atoms with Crippen LogP contribution >= 0.6 is 0 Å². The molecule has 0 bridgehead atoms. The van der Waals surface area contributed by atoms with Gasteiger partial charge in [0.05, 0.1) is 40.3 Å². The highest BCUT2D eigenvalue weighted by atomic mass is 16.7. The van der Waals surface area contributed by atoms with E-state index in [4.69, 9.17) is 18.9 Å². The standard InChI is InChI=1S/C98H171NO8/c1-6-8-10-12-14-16-18-20-22-24-26-28-30-32-34-36-38-40-42-44-46-48-50-52-54-56-58-60-62-64-66-68-70-72-74-76-78-80-82-84-86-88-95(100)105-92-94(93-106-98(97(102)103)104-91-90-99(3,4)5)107-96(101)89-87-85-83-81-79-77-75-73-71-69-67-65-63-61-59-57-55-53-51-49-47-45-43-41-39-37-35-33-31-29-27-25-23-21-19-17-15-13-11-9-7-2/h9,11,15,17,21,23,27,29,33,35,39,41,45,47,51,53,57,59,63,65,69,71,94,98H,6-8,10,12-14,16,18-20,22,24-26,28,30-32,34,36-38,40,42-44,46,48-50,52,54-56,58,60-62,64,66-68,70,72-93H2,1-5H3/b11-9-,17-15-,23-21-,29-27-,35-33-,41-39-,47-45-,53-51-,59-57-,65-63-,71-69-. The van der Waals surface area contributed by atoms with Crippen LogP contribution in [0.1, 0.15) is 412 Å². The lowest BCUT2D eigenvalue weighted by Gasteiger charge is -2.26. The van der Waals surface area contributed by atoms with Crippen LogP contribution in [-0.4, -0.2) is 82.3 Å². The molecule has 0 aromatic carbocycles. The van der Waals surface area contributed by atoms with Crippen LogP contribution in [0.5, 0.6) is 0 Å². The summed E-state index contributed by atoms with van der Waals surface area (Å²) < 4.78 is 22.9. The number of rotatable bonds is 84. The number of esters is 2. The average Bonchev–Trinajstić information content (AvgIpc) is 0.965. The van der Waals surface area contributed by atoms with Crippen LogP contribution < -0.4 is 5.11 Å². The minimum Gasteiger partial charge on any atom is -0.545 e. The fourth-order valence-corrected chi connectivity index (χ4v) is 13.1. The summed E-state index contributed by atoms with van der Waals surface area (Å²) in [6.45, 7) is 4.67. The first-order valence-corrected chi connectivity index (χ1v) is 45.3. The van der Waals surface area contributed by atoms with E-state index in [9.17, 15) is 19.5 Å². The summed E-state index contributed by atoms with van der Waals surface area (Å²) in [6.07, 6.45) is 123. The summed E-state index contributed by atoms with van der Waals surface area (Å²) in [6, 6.07) is 0. The van der Waals surface area contributed by atoms with Crippen molar-refractivity contribution in [2.75, 3.05) is 47.5 Å². The molecule has 0 heterocycles. The Morgan fingerprint density at radius 2 is 0.533 bits per heavy atom. The Morgan fingerprint density at radius 1 is 0.290 bits per heavy atom. The van der Waals surface area contributed by atoms with Crippen molar-refractivity contribution in [3.63, 3.8) is 0 Å². The van der Waals surface area contributed by atoms with Crippen molar-refractivity contribution in [2.24, 2.45) is 0 Å². The lowest BCUT2D eigenvalue weighted by molar-refractivity contribution is -0.870. The first-order valence-electron chi connectivity index (χ1n) is 45.3. The van der Waals surface area contributed by atoms with E-state index in [1.54, 1.807) is 0 Å². The van der Waals surface area contributed by atoms with Gasteiger partial charge >= 0.3 is 11.9 Å². The number of carboxylic acid groups (broad SMARTS) is 1. The molecule has 9 nitrogen and oxygen atoms in total. The molecule has 0 aromatic rings. The fraction of sp³-hybridized carbons (Fsp3) is 0.745. The summed E-state index contributed by atoms with van der Waals surface area (Å²) in [5.74, 6) is -2.29. The van der Waals surface area contributed by atoms with Crippen LogP contribution in [0, 0.1) is 0 Å². The highest BCUT2D eigenvalue weighted by Crippen LogP contribution is 2.20. The molecule has 0 aliphatic carbocycles. The van der Waals surface area contributed by atoms with E-state index >= 15 is 0 Å². The summed E-state index contributed by atoms with van der Waals surface area (Å²) >= 11 is 0. The van der Waals surface area contributed by atoms with Crippen molar-refractivity contribution in [3.8, 4) is 0 Å². The van der Waals surface area contributed by atoms with Gasteiger partial charge in [-0.1, -0.05) is 436 Å². The maximum absolute atomic E-state index is 13.0. The summed E-state index contributed by atoms with van der Waals surface area (Å²) in [4.78, 5) is 37.7. The Labute approximate surface area is 662 Å². The third-order valence-corrected chi connectivity index (χ3v) is 19.9. The van der Waals surface area contributed by atoms with Crippen LogP contribution in [-0.2, 0) is 33.3 Å². The zero-order valence-electron chi connectivity index (χ0n) is 70.7. The monoisotopic (exact) mass is 1490 g/mol. The van der Waals surface area contributed by atoms with E-state index in [1.807, 2.05) is 21.1 Å². The van der Waals surface area contributed by atoms with Crippen molar-refractivity contribution in [1.29, 1.82) is 0 Å². The van der Waals surface area contributed by atoms with Crippen LogP contribution in [0.4, 0.5) is 0 Å². The zero-order chi connectivity index (χ0) is 77.4. The van der Waals surface area contributed by atoms with Gasteiger partial charge in [0.15, 0.2) is 12.4 Å². The number of likely N-dealkylation sites (N-methyl/N-ethyl adjacent to an activating group) is 1. The number of hydrogen-bond acceptors (Lipinski definition) is 8. The van der Waals surface area contributed by atoms with Gasteiger partial charge in [-0.3, -0.25) is 9.59 Å². The van der Waals surface area contributed by atoms with E-state index in [-0.39, 0.29) is 38.6 Å². The molecule has 2 unspecified atom stereocenters. The lowest BCUT2D eigenvalue weighted by Crippen LogP contribution is -2.44. The number of quaternary nitrogens is 1. The van der Waals surface area contributed by atoms with Gasteiger partial charge in [-0.25, -0.2) is 0 Å². The second-order valence-corrected chi connectivity index (χ2v) is 31.5. The molecule has 0 aliphatic rings. The van der Waals surface area contributed by atoms with Gasteiger partial charge in [-0.15, -0.1) is 0 Å². The van der Waals surface area contributed by atoms with Gasteiger partial charge in [0.2, 0.25) is 0 Å². The van der Waals surface area contributed by atoms with E-state index in [0.29, 0.717) is 17.4 Å². The largest absolute Gasteiger partial charge is 0.545 e. The van der Waals surface area contributed by atoms with Gasteiger partial charge in [0.25, 0.3) is 0 Å². The van der Waals surface area contributed by atoms with Crippen LogP contribution in [0.2, 0.25) is 0 Å². The Kier molecular flexibility index (Phi) is 83.3. The molecule has 0 amide bonds. The summed E-state index contributed by atoms with van der Waals surface area (Å²) in [5.41, 5.74) is 0. The van der Waals surface area contributed by atoms with E-state index in [2.05, 4.69) is 148 Å². The molecular formula is C98H171NO8. The Bertz CT molecular complexity index is 2240. The molecule has 0 N–H and O–H groups in total. The Morgan fingerprint density at radius 3 is 0.794 bits per heavy atom. The molecular weight excluding hydrogens is 1320 g/mol. The van der Waals surface area contributed by atoms with E-state index < -0.39 is 24.3 Å². The number of unbranched alkanes of at least 4 members (excludes halogenated alkanes) is 47. The number of carbonyl (C=O) groups excluding carboxylic acids is 3. The van der Waals surface area contributed by atoms with E-state index in [1.165, 1.54) is 263 Å². The van der Waals surface area contributed by atoms with Gasteiger partial charge < -0.3 is 33.3 Å². The molecule has 0 saturated heterocycles. The average molecular weight is 1490 g/mol. The van der Waals surface area contributed by atoms with Gasteiger partial charge in [0.1, 0.15) is 13.2 Å². The van der Waals surface area contributed by atoms with Crippen molar-refractivity contribution < 1.29 is 42.9 Å². The molecule has 0 fully saturated rings. The molecule has 107 heavy (non-hydrogen) atoms. The quantitative estimate of drug-likeness (QED) is 0.0195. The second-order valence-electron chi connectivity index (χ2n) is 31.5. The molecule has 0 rings (SSSR count). The normalized spacial score (nSPS) is 13.2. The minimum atomic E-state index is -1.63.